The third-order valence-electron chi connectivity index (χ3n) is 6.21. The number of allylic oxidation sites excluding steroid dienone is 3. The zero-order valence-corrected chi connectivity index (χ0v) is 21.5. The van der Waals surface area contributed by atoms with Gasteiger partial charge in [-0.25, -0.2) is 9.37 Å². The van der Waals surface area contributed by atoms with Crippen LogP contribution in [-0.4, -0.2) is 33.6 Å². The van der Waals surface area contributed by atoms with E-state index in [-0.39, 0.29) is 28.3 Å². The highest BCUT2D eigenvalue weighted by Crippen LogP contribution is 2.30. The molecule has 0 saturated heterocycles. The zero-order valence-electron chi connectivity index (χ0n) is 20.0. The molecule has 10 heteroatoms. The molecule has 1 saturated carbocycles. The molecule has 1 aliphatic rings. The molecule has 190 valence electrons. The van der Waals surface area contributed by atoms with Crippen molar-refractivity contribution in [1.82, 2.24) is 14.5 Å². The number of pyridine rings is 1. The second-order valence-electron chi connectivity index (χ2n) is 8.60. The maximum atomic E-state index is 13.1. The lowest BCUT2D eigenvalue weighted by atomic mass is 9.85. The lowest BCUT2D eigenvalue weighted by molar-refractivity contribution is 0.0971. The number of nitrogens with zero attached hydrogens (tertiary/aromatic N) is 3. The molecular weight excluding hydrogens is 492 g/mol. The molecule has 2 aromatic heterocycles. The SMILES string of the molecule is C=C/C(Cl)=C(Nc1nc2cc(C(=O)CCCC3CCCCC3)c(OCCF)nc2n1C)\C(Cl)=C/N. The topological polar surface area (TPSA) is 95.1 Å². The van der Waals surface area contributed by atoms with E-state index in [9.17, 15) is 9.18 Å². The van der Waals surface area contributed by atoms with Gasteiger partial charge >= 0.3 is 0 Å². The van der Waals surface area contributed by atoms with E-state index in [1.807, 2.05) is 0 Å². The number of fused-ring (bicyclic) bond motifs is 1. The molecule has 2 aromatic rings. The summed E-state index contributed by atoms with van der Waals surface area (Å²) in [4.78, 5) is 22.2. The number of aryl methyl sites for hydroxylation is 1. The summed E-state index contributed by atoms with van der Waals surface area (Å²) < 4.78 is 20.0. The number of nitrogens with two attached hydrogens (primary N) is 1. The Labute approximate surface area is 215 Å². The van der Waals surface area contributed by atoms with E-state index >= 15 is 0 Å². The van der Waals surface area contributed by atoms with Gasteiger partial charge in [-0.3, -0.25) is 9.36 Å². The van der Waals surface area contributed by atoms with E-state index in [1.165, 1.54) is 44.4 Å². The first-order valence-electron chi connectivity index (χ1n) is 11.9. The van der Waals surface area contributed by atoms with Gasteiger partial charge in [0.1, 0.15) is 18.8 Å². The molecule has 1 fully saturated rings. The fraction of sp³-hybridized carbons (Fsp3) is 0.480. The van der Waals surface area contributed by atoms with Gasteiger partial charge in [0, 0.05) is 19.7 Å². The van der Waals surface area contributed by atoms with Crippen LogP contribution < -0.4 is 15.8 Å². The number of imidazole rings is 1. The van der Waals surface area contributed by atoms with Gasteiger partial charge < -0.3 is 15.8 Å². The zero-order chi connectivity index (χ0) is 25.4. The highest BCUT2D eigenvalue weighted by Gasteiger charge is 2.21. The van der Waals surface area contributed by atoms with Crippen LogP contribution >= 0.6 is 23.2 Å². The van der Waals surface area contributed by atoms with Gasteiger partial charge in [0.2, 0.25) is 11.8 Å². The number of hydrogen-bond acceptors (Lipinski definition) is 6. The normalized spacial score (nSPS) is 15.7. The molecule has 3 N–H and O–H groups in total. The third-order valence-corrected chi connectivity index (χ3v) is 6.87. The number of aromatic nitrogens is 3. The molecule has 0 atom stereocenters. The molecule has 7 nitrogen and oxygen atoms in total. The van der Waals surface area contributed by atoms with Crippen molar-refractivity contribution in [2.75, 3.05) is 18.6 Å². The summed E-state index contributed by atoms with van der Waals surface area (Å²) in [7, 11) is 1.73. The van der Waals surface area contributed by atoms with Crippen molar-refractivity contribution in [2.24, 2.45) is 18.7 Å². The molecule has 0 amide bonds. The number of alkyl halides is 1. The van der Waals surface area contributed by atoms with Crippen molar-refractivity contribution in [3.63, 3.8) is 0 Å². The van der Waals surface area contributed by atoms with Crippen molar-refractivity contribution in [3.05, 3.63) is 46.2 Å². The van der Waals surface area contributed by atoms with E-state index in [1.54, 1.807) is 17.7 Å². The van der Waals surface area contributed by atoms with Gasteiger partial charge in [-0.1, -0.05) is 68.3 Å². The van der Waals surface area contributed by atoms with Crippen LogP contribution in [0.5, 0.6) is 5.88 Å². The molecule has 3 rings (SSSR count). The van der Waals surface area contributed by atoms with E-state index in [0.717, 1.165) is 12.8 Å². The average molecular weight is 524 g/mol. The van der Waals surface area contributed by atoms with Crippen molar-refractivity contribution in [2.45, 2.75) is 51.4 Å². The number of anilines is 1. The molecule has 0 unspecified atom stereocenters. The maximum absolute atomic E-state index is 13.1. The van der Waals surface area contributed by atoms with Gasteiger partial charge in [-0.2, -0.15) is 4.98 Å². The molecule has 0 radical (unpaired) electrons. The highest BCUT2D eigenvalue weighted by molar-refractivity contribution is 6.36. The van der Waals surface area contributed by atoms with Crippen LogP contribution in [0.3, 0.4) is 0 Å². The molecule has 0 aliphatic heterocycles. The summed E-state index contributed by atoms with van der Waals surface area (Å²) in [5.74, 6) is 1.07. The van der Waals surface area contributed by atoms with Gasteiger partial charge in [-0.15, -0.1) is 0 Å². The van der Waals surface area contributed by atoms with Crippen LogP contribution in [0.25, 0.3) is 11.2 Å². The molecule has 2 heterocycles. The Morgan fingerprint density at radius 3 is 2.74 bits per heavy atom. The third kappa shape index (κ3) is 6.76. The molecule has 0 spiro atoms. The number of rotatable bonds is 12. The Hall–Kier alpha value is -2.58. The number of carbonyl (C=O) groups excluding carboxylic acids is 1. The molecular formula is C25H32Cl2FN5O2. The lowest BCUT2D eigenvalue weighted by Gasteiger charge is -2.21. The molecule has 35 heavy (non-hydrogen) atoms. The fourth-order valence-electron chi connectivity index (χ4n) is 4.34. The Bertz CT molecular complexity index is 1120. The molecule has 0 aromatic carbocycles. The molecule has 1 aliphatic carbocycles. The number of ether oxygens (including phenoxy) is 1. The summed E-state index contributed by atoms with van der Waals surface area (Å²) in [6.07, 6.45) is 11.2. The number of ketones is 1. The Kier molecular flexibility index (Phi) is 9.98. The van der Waals surface area contributed by atoms with E-state index in [4.69, 9.17) is 33.7 Å². The van der Waals surface area contributed by atoms with Crippen LogP contribution in [-0.2, 0) is 7.05 Å². The monoisotopic (exact) mass is 523 g/mol. The van der Waals surface area contributed by atoms with Gasteiger partial charge in [0.15, 0.2) is 11.4 Å². The number of Topliss-reactive ketones (excluding diaryl/α,β-unsaturated/α-hetero) is 1. The highest BCUT2D eigenvalue weighted by atomic mass is 35.5. The smallest absolute Gasteiger partial charge is 0.226 e. The van der Waals surface area contributed by atoms with E-state index in [0.29, 0.717) is 40.7 Å². The van der Waals surface area contributed by atoms with Gasteiger partial charge in [0.25, 0.3) is 0 Å². The number of hydrogen-bond donors (Lipinski definition) is 2. The van der Waals surface area contributed by atoms with Crippen LogP contribution in [0.15, 0.2) is 40.7 Å². The summed E-state index contributed by atoms with van der Waals surface area (Å²) in [6, 6.07) is 1.64. The Morgan fingerprint density at radius 1 is 1.34 bits per heavy atom. The Morgan fingerprint density at radius 2 is 2.09 bits per heavy atom. The average Bonchev–Trinajstić information content (AvgIpc) is 3.19. The second kappa shape index (κ2) is 12.9. The summed E-state index contributed by atoms with van der Waals surface area (Å²) in [5.41, 5.74) is 7.09. The van der Waals surface area contributed by atoms with Crippen LogP contribution in [0.1, 0.15) is 61.7 Å². The van der Waals surface area contributed by atoms with Crippen molar-refractivity contribution < 1.29 is 13.9 Å². The first-order chi connectivity index (χ1) is 16.9. The summed E-state index contributed by atoms with van der Waals surface area (Å²) in [5, 5.41) is 3.47. The predicted octanol–water partition coefficient (Wildman–Crippen LogP) is 6.34. The minimum atomic E-state index is -0.689. The standard InChI is InChI=1S/C25H32Cl2FN5O2/c1-3-18(26)22(19(27)15-29)31-25-30-20-14-17(24(35-13-12-28)32-23(20)33(25)2)21(34)11-7-10-16-8-5-4-6-9-16/h3,14-16H,1,4-13,29H2,2H3,(H,30,31)/b19-15+,22-18-. The number of halogens is 3. The van der Waals surface area contributed by atoms with Crippen molar-refractivity contribution in [1.29, 1.82) is 0 Å². The van der Waals surface area contributed by atoms with Crippen LogP contribution in [0.4, 0.5) is 10.3 Å². The summed E-state index contributed by atoms with van der Waals surface area (Å²) in [6.45, 7) is 2.77. The van der Waals surface area contributed by atoms with Gasteiger partial charge in [-0.05, 0) is 24.5 Å². The number of carbonyl (C=O) groups is 1. The fourth-order valence-corrected chi connectivity index (χ4v) is 4.69. The summed E-state index contributed by atoms with van der Waals surface area (Å²) >= 11 is 12.4. The molecule has 0 bridgehead atoms. The van der Waals surface area contributed by atoms with E-state index < -0.39 is 6.67 Å². The van der Waals surface area contributed by atoms with Crippen LogP contribution in [0, 0.1) is 5.92 Å². The van der Waals surface area contributed by atoms with Crippen molar-refractivity contribution in [3.8, 4) is 5.88 Å². The van der Waals surface area contributed by atoms with E-state index in [2.05, 4.69) is 21.9 Å². The number of nitrogens with one attached hydrogen (secondary N) is 1. The Balaban J connectivity index is 1.88. The predicted molar refractivity (Wildman–Crippen MR) is 140 cm³/mol. The first kappa shape index (κ1) is 27.0. The quantitative estimate of drug-likeness (QED) is 0.249. The van der Waals surface area contributed by atoms with Crippen molar-refractivity contribution >= 4 is 46.1 Å². The van der Waals surface area contributed by atoms with Crippen LogP contribution in [0.2, 0.25) is 0 Å². The lowest BCUT2D eigenvalue weighted by Crippen LogP contribution is -2.10. The minimum absolute atomic E-state index is 0.0892. The first-order valence-corrected chi connectivity index (χ1v) is 12.6. The largest absolute Gasteiger partial charge is 0.474 e. The maximum Gasteiger partial charge on any atom is 0.226 e. The minimum Gasteiger partial charge on any atom is -0.474 e. The second-order valence-corrected chi connectivity index (χ2v) is 9.42. The van der Waals surface area contributed by atoms with Gasteiger partial charge in [0.05, 0.1) is 21.3 Å².